The third-order valence-corrected chi connectivity index (χ3v) is 5.92. The highest BCUT2D eigenvalue weighted by atomic mass is 16.6. The number of rotatable bonds is 5. The molecule has 1 saturated heterocycles. The first-order valence-electron chi connectivity index (χ1n) is 10.3. The van der Waals surface area contributed by atoms with Crippen molar-refractivity contribution in [2.75, 3.05) is 20.8 Å². The van der Waals surface area contributed by atoms with Crippen LogP contribution in [0.2, 0.25) is 0 Å². The average molecular weight is 439 g/mol. The van der Waals surface area contributed by atoms with E-state index in [1.807, 2.05) is 38.1 Å². The first-order chi connectivity index (χ1) is 15.2. The van der Waals surface area contributed by atoms with Gasteiger partial charge in [0.15, 0.2) is 5.75 Å². The minimum absolute atomic E-state index is 0.0238. The number of methoxy groups -OCH3 is 2. The molecule has 1 amide bonds. The van der Waals surface area contributed by atoms with Crippen LogP contribution in [0, 0.1) is 16.0 Å². The van der Waals surface area contributed by atoms with Gasteiger partial charge in [0.2, 0.25) is 0 Å². The van der Waals surface area contributed by atoms with E-state index in [4.69, 9.17) is 14.2 Å². The van der Waals surface area contributed by atoms with Gasteiger partial charge in [-0.1, -0.05) is 12.1 Å². The molecule has 0 aromatic heterocycles. The molecule has 0 unspecified atom stereocenters. The van der Waals surface area contributed by atoms with Crippen molar-refractivity contribution in [1.82, 2.24) is 5.01 Å². The third kappa shape index (κ3) is 3.91. The fourth-order valence-corrected chi connectivity index (χ4v) is 4.29. The van der Waals surface area contributed by atoms with Crippen molar-refractivity contribution in [1.29, 1.82) is 0 Å². The second-order valence-electron chi connectivity index (χ2n) is 8.46. The molecule has 2 aliphatic rings. The van der Waals surface area contributed by atoms with Crippen LogP contribution in [0.25, 0.3) is 0 Å². The molecule has 0 aliphatic carbocycles. The predicted octanol–water partition coefficient (Wildman–Crippen LogP) is 3.98. The maximum absolute atomic E-state index is 13.5. The van der Waals surface area contributed by atoms with E-state index in [0.717, 1.165) is 11.3 Å². The lowest BCUT2D eigenvalue weighted by atomic mass is 9.80. The van der Waals surface area contributed by atoms with Gasteiger partial charge in [0.05, 0.1) is 43.1 Å². The first-order valence-corrected chi connectivity index (χ1v) is 10.3. The van der Waals surface area contributed by atoms with Gasteiger partial charge in [-0.25, -0.2) is 5.01 Å². The Balaban J connectivity index is 1.75. The first kappa shape index (κ1) is 21.8. The summed E-state index contributed by atoms with van der Waals surface area (Å²) in [5, 5.41) is 17.5. The topological polar surface area (TPSA) is 104 Å². The molecule has 2 aromatic carbocycles. The van der Waals surface area contributed by atoms with E-state index in [0.29, 0.717) is 18.8 Å². The largest absolute Gasteiger partial charge is 0.497 e. The smallest absolute Gasteiger partial charge is 0.311 e. The van der Waals surface area contributed by atoms with Gasteiger partial charge in [-0.05, 0) is 50.1 Å². The van der Waals surface area contributed by atoms with Gasteiger partial charge in [0.25, 0.3) is 5.91 Å². The highest BCUT2D eigenvalue weighted by molar-refractivity contribution is 6.00. The van der Waals surface area contributed by atoms with Gasteiger partial charge >= 0.3 is 5.69 Å². The number of carbonyl (C=O) groups is 1. The number of nitro benzene ring substituents is 1. The van der Waals surface area contributed by atoms with E-state index in [2.05, 4.69) is 5.10 Å². The lowest BCUT2D eigenvalue weighted by Crippen LogP contribution is -2.41. The summed E-state index contributed by atoms with van der Waals surface area (Å²) in [6.45, 7) is 4.37. The van der Waals surface area contributed by atoms with E-state index >= 15 is 0 Å². The molecular formula is C23H25N3O6. The van der Waals surface area contributed by atoms with Crippen molar-refractivity contribution in [3.63, 3.8) is 0 Å². The SMILES string of the molecule is COc1ccc([C@H]2[C@H]3CC(C)(C)OCC3=NN2C(=O)c2ccc(OC)c([N+](=O)[O-])c2)cc1. The zero-order chi connectivity index (χ0) is 23.0. The number of nitrogens with zero attached hydrogens (tertiary/aromatic N) is 3. The Bertz CT molecular complexity index is 1080. The van der Waals surface area contributed by atoms with E-state index in [9.17, 15) is 14.9 Å². The molecule has 4 rings (SSSR count). The number of hydrogen-bond donors (Lipinski definition) is 0. The minimum Gasteiger partial charge on any atom is -0.497 e. The average Bonchev–Trinajstić information content (AvgIpc) is 3.15. The van der Waals surface area contributed by atoms with Gasteiger partial charge in [0, 0.05) is 17.5 Å². The Morgan fingerprint density at radius 3 is 2.53 bits per heavy atom. The summed E-state index contributed by atoms with van der Waals surface area (Å²) in [6.07, 6.45) is 0.690. The molecule has 2 heterocycles. The highest BCUT2D eigenvalue weighted by Crippen LogP contribution is 2.44. The molecular weight excluding hydrogens is 414 g/mol. The molecule has 0 saturated carbocycles. The third-order valence-electron chi connectivity index (χ3n) is 5.92. The van der Waals surface area contributed by atoms with Crippen LogP contribution in [0.15, 0.2) is 47.6 Å². The summed E-state index contributed by atoms with van der Waals surface area (Å²) in [5.41, 5.74) is 1.24. The maximum atomic E-state index is 13.5. The lowest BCUT2D eigenvalue weighted by molar-refractivity contribution is -0.385. The molecule has 0 N–H and O–H groups in total. The van der Waals surface area contributed by atoms with Gasteiger partial charge in [-0.15, -0.1) is 0 Å². The molecule has 2 aliphatic heterocycles. The normalized spacial score (nSPS) is 21.5. The fraction of sp³-hybridized carbons (Fsp3) is 0.391. The molecule has 0 bridgehead atoms. The summed E-state index contributed by atoms with van der Waals surface area (Å²) < 4.78 is 16.2. The Morgan fingerprint density at radius 1 is 1.19 bits per heavy atom. The monoisotopic (exact) mass is 439 g/mol. The van der Waals surface area contributed by atoms with Crippen LogP contribution < -0.4 is 9.47 Å². The molecule has 2 aromatic rings. The van der Waals surface area contributed by atoms with Crippen LogP contribution in [-0.2, 0) is 4.74 Å². The van der Waals surface area contributed by atoms with Gasteiger partial charge in [0.1, 0.15) is 5.75 Å². The Hall–Kier alpha value is -3.46. The molecule has 168 valence electrons. The van der Waals surface area contributed by atoms with E-state index in [-0.39, 0.29) is 34.6 Å². The summed E-state index contributed by atoms with van der Waals surface area (Å²) in [7, 11) is 2.95. The number of benzene rings is 2. The standard InChI is InChI=1S/C23H25N3O6/c1-23(2)12-17-18(13-32-23)24-25(21(17)14-5-8-16(30-3)9-6-14)22(27)15-7-10-20(31-4)19(11-15)26(28)29/h5-11,17,21H,12-13H2,1-4H3/t17-,21-/m0/s1. The van der Waals surface area contributed by atoms with Gasteiger partial charge in [-0.3, -0.25) is 14.9 Å². The van der Waals surface area contributed by atoms with Gasteiger partial charge in [-0.2, -0.15) is 5.10 Å². The lowest BCUT2D eigenvalue weighted by Gasteiger charge is -2.37. The fourth-order valence-electron chi connectivity index (χ4n) is 4.29. The number of nitro groups is 1. The maximum Gasteiger partial charge on any atom is 0.311 e. The van der Waals surface area contributed by atoms with Crippen LogP contribution in [-0.4, -0.2) is 48.0 Å². The Labute approximate surface area is 185 Å². The number of hydrazone groups is 1. The van der Waals surface area contributed by atoms with E-state index in [1.54, 1.807) is 7.11 Å². The zero-order valence-electron chi connectivity index (χ0n) is 18.4. The van der Waals surface area contributed by atoms with Crippen molar-refractivity contribution in [2.45, 2.75) is 31.9 Å². The second-order valence-corrected chi connectivity index (χ2v) is 8.46. The van der Waals surface area contributed by atoms with Crippen molar-refractivity contribution in [3.05, 3.63) is 63.7 Å². The van der Waals surface area contributed by atoms with Crippen molar-refractivity contribution in [3.8, 4) is 11.5 Å². The molecule has 32 heavy (non-hydrogen) atoms. The highest BCUT2D eigenvalue weighted by Gasteiger charge is 2.47. The number of hydrogen-bond acceptors (Lipinski definition) is 7. The number of fused-ring (bicyclic) bond motifs is 1. The van der Waals surface area contributed by atoms with E-state index < -0.39 is 10.8 Å². The summed E-state index contributed by atoms with van der Waals surface area (Å²) in [5.74, 6) is 0.360. The molecule has 2 atom stereocenters. The molecule has 9 heteroatoms. The molecule has 9 nitrogen and oxygen atoms in total. The van der Waals surface area contributed by atoms with Crippen LogP contribution in [0.1, 0.15) is 42.2 Å². The number of carbonyl (C=O) groups excluding carboxylic acids is 1. The summed E-state index contributed by atoms with van der Waals surface area (Å²) >= 11 is 0. The Morgan fingerprint density at radius 2 is 1.91 bits per heavy atom. The second kappa shape index (κ2) is 8.23. The van der Waals surface area contributed by atoms with Crippen molar-refractivity contribution >= 4 is 17.3 Å². The summed E-state index contributed by atoms with van der Waals surface area (Å²) in [4.78, 5) is 24.4. The number of amides is 1. The predicted molar refractivity (Wildman–Crippen MR) is 117 cm³/mol. The zero-order valence-corrected chi connectivity index (χ0v) is 18.4. The molecule has 1 fully saturated rings. The van der Waals surface area contributed by atoms with Crippen LogP contribution in [0.3, 0.4) is 0 Å². The van der Waals surface area contributed by atoms with Crippen molar-refractivity contribution in [2.24, 2.45) is 11.0 Å². The number of ether oxygens (including phenoxy) is 3. The molecule has 0 radical (unpaired) electrons. The van der Waals surface area contributed by atoms with Crippen LogP contribution >= 0.6 is 0 Å². The quantitative estimate of drug-likeness (QED) is 0.516. The Kier molecular flexibility index (Phi) is 5.60. The van der Waals surface area contributed by atoms with Crippen molar-refractivity contribution < 1.29 is 23.9 Å². The van der Waals surface area contributed by atoms with Gasteiger partial charge < -0.3 is 14.2 Å². The van der Waals surface area contributed by atoms with Crippen LogP contribution in [0.5, 0.6) is 11.5 Å². The minimum atomic E-state index is -0.567. The van der Waals surface area contributed by atoms with E-state index in [1.165, 1.54) is 30.3 Å². The summed E-state index contributed by atoms with van der Waals surface area (Å²) in [6, 6.07) is 11.3. The van der Waals surface area contributed by atoms with Crippen LogP contribution in [0.4, 0.5) is 5.69 Å². The molecule has 0 spiro atoms.